The SMILES string of the molecule is C/C(CC(=O)N1CCCC1)=N/NC(=O)c1cc2ccccc2cc1O. The van der Waals surface area contributed by atoms with Gasteiger partial charge in [-0.2, -0.15) is 5.10 Å². The number of carbonyl (C=O) groups excluding carboxylic acids is 2. The molecule has 1 saturated heterocycles. The van der Waals surface area contributed by atoms with E-state index >= 15 is 0 Å². The zero-order valence-corrected chi connectivity index (χ0v) is 14.2. The van der Waals surface area contributed by atoms with Crippen LogP contribution in [-0.2, 0) is 4.79 Å². The predicted octanol–water partition coefficient (Wildman–Crippen LogP) is 2.66. The fourth-order valence-electron chi connectivity index (χ4n) is 2.95. The van der Waals surface area contributed by atoms with Crippen molar-refractivity contribution in [2.24, 2.45) is 5.10 Å². The van der Waals surface area contributed by atoms with Crippen LogP contribution in [0.15, 0.2) is 41.5 Å². The summed E-state index contributed by atoms with van der Waals surface area (Å²) in [6.07, 6.45) is 2.27. The molecule has 130 valence electrons. The number of fused-ring (bicyclic) bond motifs is 1. The largest absolute Gasteiger partial charge is 0.507 e. The molecule has 1 heterocycles. The molecule has 2 aromatic carbocycles. The first-order valence-electron chi connectivity index (χ1n) is 8.37. The molecule has 2 N–H and O–H groups in total. The monoisotopic (exact) mass is 339 g/mol. The molecule has 0 unspecified atom stereocenters. The fraction of sp³-hybridized carbons (Fsp3) is 0.316. The lowest BCUT2D eigenvalue weighted by molar-refractivity contribution is -0.128. The number of phenolic OH excluding ortho intramolecular Hbond substituents is 1. The van der Waals surface area contributed by atoms with Gasteiger partial charge in [0.1, 0.15) is 5.75 Å². The Morgan fingerprint density at radius 2 is 1.80 bits per heavy atom. The maximum Gasteiger partial charge on any atom is 0.275 e. The highest BCUT2D eigenvalue weighted by atomic mass is 16.3. The first-order valence-corrected chi connectivity index (χ1v) is 8.37. The normalized spacial score (nSPS) is 14.8. The van der Waals surface area contributed by atoms with Gasteiger partial charge in [-0.05, 0) is 42.7 Å². The Morgan fingerprint density at radius 1 is 1.16 bits per heavy atom. The number of nitrogens with zero attached hydrogens (tertiary/aromatic N) is 2. The van der Waals surface area contributed by atoms with Crippen molar-refractivity contribution < 1.29 is 14.7 Å². The van der Waals surface area contributed by atoms with Gasteiger partial charge < -0.3 is 10.0 Å². The van der Waals surface area contributed by atoms with E-state index in [1.807, 2.05) is 29.2 Å². The molecule has 2 amide bonds. The zero-order valence-electron chi connectivity index (χ0n) is 14.2. The summed E-state index contributed by atoms with van der Waals surface area (Å²) < 4.78 is 0. The molecule has 0 aliphatic carbocycles. The Morgan fingerprint density at radius 3 is 2.48 bits per heavy atom. The highest BCUT2D eigenvalue weighted by molar-refractivity contribution is 6.03. The minimum atomic E-state index is -0.503. The number of nitrogens with one attached hydrogen (secondary N) is 1. The molecule has 0 radical (unpaired) electrons. The molecule has 0 saturated carbocycles. The van der Waals surface area contributed by atoms with E-state index in [0.29, 0.717) is 5.71 Å². The second-order valence-corrected chi connectivity index (χ2v) is 6.27. The Labute approximate surface area is 146 Å². The summed E-state index contributed by atoms with van der Waals surface area (Å²) in [5, 5.41) is 15.8. The van der Waals surface area contributed by atoms with Crippen molar-refractivity contribution in [3.63, 3.8) is 0 Å². The van der Waals surface area contributed by atoms with Gasteiger partial charge in [0.05, 0.1) is 12.0 Å². The third-order valence-corrected chi connectivity index (χ3v) is 4.32. The van der Waals surface area contributed by atoms with Crippen LogP contribution in [0.25, 0.3) is 10.8 Å². The van der Waals surface area contributed by atoms with E-state index in [2.05, 4.69) is 10.5 Å². The minimum absolute atomic E-state index is 0.0292. The summed E-state index contributed by atoms with van der Waals surface area (Å²) >= 11 is 0. The van der Waals surface area contributed by atoms with Crippen molar-refractivity contribution in [2.75, 3.05) is 13.1 Å². The van der Waals surface area contributed by atoms with E-state index in [1.165, 1.54) is 0 Å². The molecule has 1 aliphatic heterocycles. The van der Waals surface area contributed by atoms with Crippen molar-refractivity contribution >= 4 is 28.3 Å². The number of phenols is 1. The summed E-state index contributed by atoms with van der Waals surface area (Å²) in [7, 11) is 0. The molecular weight excluding hydrogens is 318 g/mol. The number of amides is 2. The molecule has 3 rings (SSSR count). The summed E-state index contributed by atoms with van der Waals surface area (Å²) in [6.45, 7) is 3.29. The van der Waals surface area contributed by atoms with E-state index in [0.717, 1.165) is 36.7 Å². The number of likely N-dealkylation sites (tertiary alicyclic amines) is 1. The number of rotatable bonds is 4. The Kier molecular flexibility index (Phi) is 4.97. The predicted molar refractivity (Wildman–Crippen MR) is 96.6 cm³/mol. The molecule has 1 fully saturated rings. The van der Waals surface area contributed by atoms with Gasteiger partial charge in [-0.25, -0.2) is 5.43 Å². The number of carbonyl (C=O) groups is 2. The third kappa shape index (κ3) is 3.96. The van der Waals surface area contributed by atoms with E-state index in [-0.39, 0.29) is 23.6 Å². The molecule has 1 aliphatic rings. The Bertz CT molecular complexity index is 839. The molecule has 0 bridgehead atoms. The Balaban J connectivity index is 1.67. The van der Waals surface area contributed by atoms with Crippen molar-refractivity contribution in [1.29, 1.82) is 0 Å². The molecule has 25 heavy (non-hydrogen) atoms. The smallest absolute Gasteiger partial charge is 0.275 e. The zero-order chi connectivity index (χ0) is 17.8. The second kappa shape index (κ2) is 7.34. The first-order chi connectivity index (χ1) is 12.0. The van der Waals surface area contributed by atoms with Crippen molar-refractivity contribution in [3.05, 3.63) is 42.0 Å². The molecule has 2 aromatic rings. The Hall–Kier alpha value is -2.89. The van der Waals surface area contributed by atoms with Crippen molar-refractivity contribution in [3.8, 4) is 5.75 Å². The quantitative estimate of drug-likeness (QED) is 0.664. The summed E-state index contributed by atoms with van der Waals surface area (Å²) in [5.74, 6) is -0.574. The van der Waals surface area contributed by atoms with Gasteiger partial charge in [-0.15, -0.1) is 0 Å². The van der Waals surface area contributed by atoms with Gasteiger partial charge in [-0.3, -0.25) is 9.59 Å². The van der Waals surface area contributed by atoms with Crippen LogP contribution in [0.2, 0.25) is 0 Å². The lowest BCUT2D eigenvalue weighted by Gasteiger charge is -2.14. The number of benzene rings is 2. The molecule has 6 nitrogen and oxygen atoms in total. The van der Waals surface area contributed by atoms with Gasteiger partial charge in [0.2, 0.25) is 5.91 Å². The molecule has 6 heteroatoms. The van der Waals surface area contributed by atoms with Gasteiger partial charge in [0, 0.05) is 18.8 Å². The summed E-state index contributed by atoms with van der Waals surface area (Å²) in [5.41, 5.74) is 3.11. The number of hydrogen-bond acceptors (Lipinski definition) is 4. The molecular formula is C19H21N3O3. The lowest BCUT2D eigenvalue weighted by Crippen LogP contribution is -2.29. The van der Waals surface area contributed by atoms with Crippen LogP contribution in [0.1, 0.15) is 36.5 Å². The molecule has 0 spiro atoms. The van der Waals surface area contributed by atoms with Crippen LogP contribution in [0, 0.1) is 0 Å². The van der Waals surface area contributed by atoms with E-state index in [1.54, 1.807) is 19.1 Å². The van der Waals surface area contributed by atoms with Gasteiger partial charge in [0.25, 0.3) is 5.91 Å². The topological polar surface area (TPSA) is 82.0 Å². The second-order valence-electron chi connectivity index (χ2n) is 6.27. The van der Waals surface area contributed by atoms with Crippen LogP contribution in [0.5, 0.6) is 5.75 Å². The third-order valence-electron chi connectivity index (χ3n) is 4.32. The average molecular weight is 339 g/mol. The maximum atomic E-state index is 12.3. The number of hydrogen-bond donors (Lipinski definition) is 2. The molecule has 0 aromatic heterocycles. The molecule has 0 atom stereocenters. The fourth-order valence-corrected chi connectivity index (χ4v) is 2.95. The van der Waals surface area contributed by atoms with Gasteiger partial charge in [0.15, 0.2) is 0 Å². The van der Waals surface area contributed by atoms with Crippen LogP contribution in [-0.4, -0.2) is 40.6 Å². The van der Waals surface area contributed by atoms with Crippen molar-refractivity contribution in [2.45, 2.75) is 26.2 Å². The number of aromatic hydroxyl groups is 1. The summed E-state index contributed by atoms with van der Waals surface area (Å²) in [6, 6.07) is 10.6. The van der Waals surface area contributed by atoms with Crippen LogP contribution in [0.4, 0.5) is 0 Å². The van der Waals surface area contributed by atoms with E-state index < -0.39 is 5.91 Å². The highest BCUT2D eigenvalue weighted by Gasteiger charge is 2.18. The van der Waals surface area contributed by atoms with Crippen LogP contribution in [0.3, 0.4) is 0 Å². The van der Waals surface area contributed by atoms with Gasteiger partial charge >= 0.3 is 0 Å². The first kappa shape index (κ1) is 17.0. The number of hydrazone groups is 1. The highest BCUT2D eigenvalue weighted by Crippen LogP contribution is 2.24. The lowest BCUT2D eigenvalue weighted by atomic mass is 10.1. The summed E-state index contributed by atoms with van der Waals surface area (Å²) in [4.78, 5) is 26.2. The average Bonchev–Trinajstić information content (AvgIpc) is 3.14. The van der Waals surface area contributed by atoms with E-state index in [4.69, 9.17) is 0 Å². The van der Waals surface area contributed by atoms with Crippen LogP contribution >= 0.6 is 0 Å². The minimum Gasteiger partial charge on any atom is -0.507 e. The van der Waals surface area contributed by atoms with Crippen molar-refractivity contribution in [1.82, 2.24) is 10.3 Å². The van der Waals surface area contributed by atoms with Crippen LogP contribution < -0.4 is 5.43 Å². The van der Waals surface area contributed by atoms with Gasteiger partial charge in [-0.1, -0.05) is 24.3 Å². The van der Waals surface area contributed by atoms with E-state index in [9.17, 15) is 14.7 Å². The maximum absolute atomic E-state index is 12.3. The standard InChI is InChI=1S/C19H21N3O3/c1-13(10-18(24)22-8-4-5-9-22)20-21-19(25)16-11-14-6-2-3-7-15(14)12-17(16)23/h2-3,6-7,11-12,23H,4-5,8-10H2,1H3,(H,21,25)/b20-13-.